The fraction of sp³-hybridized carbons (Fsp3) is 0.385. The first kappa shape index (κ1) is 19.4. The van der Waals surface area contributed by atoms with Crippen LogP contribution in [0.2, 0.25) is 0 Å². The molecule has 0 spiro atoms. The second kappa shape index (κ2) is 7.70. The molecule has 1 saturated heterocycles. The summed E-state index contributed by atoms with van der Waals surface area (Å²) < 4.78 is 3.90. The number of carbonyl (C=O) groups is 3. The molecule has 11 nitrogen and oxygen atoms in total. The molecule has 0 aliphatic carbocycles. The Morgan fingerprint density at radius 1 is 1.56 bits per heavy atom. The summed E-state index contributed by atoms with van der Waals surface area (Å²) in [5, 5.41) is 15.1. The molecule has 2 aliphatic rings. The predicted octanol–water partition coefficient (Wildman–Crippen LogP) is -0.552. The Balaban J connectivity index is 1.79. The largest absolute Gasteiger partial charge is 0.477 e. The number of aromatic nitrogens is 2. The third-order valence-electron chi connectivity index (χ3n) is 3.75. The summed E-state index contributed by atoms with van der Waals surface area (Å²) in [6, 6.07) is -0.924. The Bertz CT molecular complexity index is 871. The highest BCUT2D eigenvalue weighted by atomic mass is 35.5. The SMILES string of the molecule is CO/N=C(\C(=O)N[C@@H]1C(=O)N2C(C(=O)O)=C(CCl)CS[C@H]12)c1nsc(N)n1. The third kappa shape index (κ3) is 3.44. The van der Waals surface area contributed by atoms with Gasteiger partial charge in [-0.25, -0.2) is 4.79 Å². The van der Waals surface area contributed by atoms with E-state index >= 15 is 0 Å². The van der Waals surface area contributed by atoms with Crippen LogP contribution in [0.4, 0.5) is 5.13 Å². The molecule has 4 N–H and O–H groups in total. The minimum atomic E-state index is -1.24. The molecular formula is C13H13ClN6O5S2. The van der Waals surface area contributed by atoms with Gasteiger partial charge in [-0.1, -0.05) is 5.16 Å². The quantitative estimate of drug-likeness (QED) is 0.232. The third-order valence-corrected chi connectivity index (χ3v) is 5.95. The highest BCUT2D eigenvalue weighted by Crippen LogP contribution is 2.40. The fourth-order valence-corrected chi connectivity index (χ4v) is 4.72. The van der Waals surface area contributed by atoms with E-state index in [1.54, 1.807) is 0 Å². The van der Waals surface area contributed by atoms with Gasteiger partial charge in [-0.15, -0.1) is 23.4 Å². The molecule has 0 aromatic carbocycles. The van der Waals surface area contributed by atoms with Crippen LogP contribution >= 0.6 is 34.9 Å². The number of hydrogen-bond donors (Lipinski definition) is 3. The van der Waals surface area contributed by atoms with Crippen LogP contribution in [0.5, 0.6) is 0 Å². The number of thioether (sulfide) groups is 1. The molecule has 2 atom stereocenters. The number of oxime groups is 1. The number of carboxylic acids is 1. The van der Waals surface area contributed by atoms with Gasteiger partial charge in [0, 0.05) is 23.2 Å². The molecule has 0 unspecified atom stereocenters. The van der Waals surface area contributed by atoms with Crippen molar-refractivity contribution in [2.24, 2.45) is 5.16 Å². The number of halogens is 1. The van der Waals surface area contributed by atoms with Crippen LogP contribution in [0.25, 0.3) is 0 Å². The van der Waals surface area contributed by atoms with Crippen molar-refractivity contribution in [3.8, 4) is 0 Å². The zero-order chi connectivity index (χ0) is 19.7. The van der Waals surface area contributed by atoms with E-state index in [4.69, 9.17) is 17.3 Å². The van der Waals surface area contributed by atoms with Crippen molar-refractivity contribution < 1.29 is 24.3 Å². The number of fused-ring (bicyclic) bond motifs is 1. The average Bonchev–Trinajstić information content (AvgIpc) is 3.08. The van der Waals surface area contributed by atoms with Crippen molar-refractivity contribution in [3.05, 3.63) is 17.1 Å². The number of carbonyl (C=O) groups excluding carboxylic acids is 2. The topological polar surface area (TPSA) is 160 Å². The van der Waals surface area contributed by atoms with Gasteiger partial charge in [-0.05, 0) is 5.57 Å². The lowest BCUT2D eigenvalue weighted by atomic mass is 10.0. The van der Waals surface area contributed by atoms with Crippen LogP contribution in [0.1, 0.15) is 5.82 Å². The van der Waals surface area contributed by atoms with Crippen molar-refractivity contribution in [3.63, 3.8) is 0 Å². The second-order valence-corrected chi connectivity index (χ2v) is 7.49. The molecular weight excluding hydrogens is 420 g/mol. The van der Waals surface area contributed by atoms with Gasteiger partial charge in [-0.3, -0.25) is 14.5 Å². The van der Waals surface area contributed by atoms with E-state index in [1.807, 2.05) is 0 Å². The van der Waals surface area contributed by atoms with E-state index in [9.17, 15) is 19.5 Å². The molecule has 14 heteroatoms. The lowest BCUT2D eigenvalue weighted by Gasteiger charge is -2.49. The Labute approximate surface area is 165 Å². The van der Waals surface area contributed by atoms with Crippen molar-refractivity contribution in [2.45, 2.75) is 11.4 Å². The lowest BCUT2D eigenvalue weighted by molar-refractivity contribution is -0.150. The van der Waals surface area contributed by atoms with Gasteiger partial charge in [0.2, 0.25) is 11.5 Å². The van der Waals surface area contributed by atoms with Crippen molar-refractivity contribution >= 4 is 63.5 Å². The van der Waals surface area contributed by atoms with Crippen molar-refractivity contribution in [1.29, 1.82) is 0 Å². The van der Waals surface area contributed by atoms with E-state index in [2.05, 4.69) is 24.7 Å². The van der Waals surface area contributed by atoms with Crippen LogP contribution in [-0.2, 0) is 19.2 Å². The van der Waals surface area contributed by atoms with E-state index in [0.29, 0.717) is 11.3 Å². The second-order valence-electron chi connectivity index (χ2n) is 5.33. The first-order chi connectivity index (χ1) is 12.9. The summed E-state index contributed by atoms with van der Waals surface area (Å²) in [5.74, 6) is -2.22. The number of amides is 2. The van der Waals surface area contributed by atoms with Crippen LogP contribution in [-0.4, -0.2) is 73.0 Å². The zero-order valence-electron chi connectivity index (χ0n) is 13.7. The number of β-lactam (4-membered cyclic amide) rings is 1. The molecule has 3 heterocycles. The molecule has 1 aromatic heterocycles. The zero-order valence-corrected chi connectivity index (χ0v) is 16.1. The number of nitrogen functional groups attached to an aromatic ring is 1. The Morgan fingerprint density at radius 3 is 2.85 bits per heavy atom. The van der Waals surface area contributed by atoms with Crippen LogP contribution in [0.15, 0.2) is 16.4 Å². The molecule has 0 saturated carbocycles. The summed E-state index contributed by atoms with van der Waals surface area (Å²) in [6.45, 7) is 0. The minimum absolute atomic E-state index is 0.00369. The summed E-state index contributed by atoms with van der Waals surface area (Å²) in [7, 11) is 1.24. The Kier molecular flexibility index (Phi) is 5.53. The van der Waals surface area contributed by atoms with Crippen LogP contribution in [0.3, 0.4) is 0 Å². The van der Waals surface area contributed by atoms with E-state index < -0.39 is 29.2 Å². The fourth-order valence-electron chi connectivity index (χ4n) is 2.60. The van der Waals surface area contributed by atoms with Crippen LogP contribution in [0, 0.1) is 0 Å². The molecule has 27 heavy (non-hydrogen) atoms. The molecule has 144 valence electrons. The highest BCUT2D eigenvalue weighted by Gasteiger charge is 2.54. The first-order valence-electron chi connectivity index (χ1n) is 7.36. The summed E-state index contributed by atoms with van der Waals surface area (Å²) in [6.07, 6.45) is 0. The van der Waals surface area contributed by atoms with Gasteiger partial charge >= 0.3 is 5.97 Å². The smallest absolute Gasteiger partial charge is 0.352 e. The average molecular weight is 433 g/mol. The molecule has 0 bridgehead atoms. The number of nitrogens with two attached hydrogens (primary N) is 1. The lowest BCUT2D eigenvalue weighted by Crippen LogP contribution is -2.71. The number of nitrogens with one attached hydrogen (secondary N) is 1. The molecule has 1 fully saturated rings. The monoisotopic (exact) mass is 432 g/mol. The maximum absolute atomic E-state index is 12.5. The van der Waals surface area contributed by atoms with E-state index in [0.717, 1.165) is 16.4 Å². The molecule has 3 rings (SSSR count). The van der Waals surface area contributed by atoms with E-state index in [1.165, 1.54) is 18.9 Å². The Hall–Kier alpha value is -2.38. The van der Waals surface area contributed by atoms with Gasteiger partial charge < -0.3 is 21.0 Å². The Morgan fingerprint density at radius 2 is 2.30 bits per heavy atom. The van der Waals surface area contributed by atoms with E-state index in [-0.39, 0.29) is 28.2 Å². The van der Waals surface area contributed by atoms with Crippen molar-refractivity contribution in [2.75, 3.05) is 24.5 Å². The van der Waals surface area contributed by atoms with Gasteiger partial charge in [0.1, 0.15) is 24.2 Å². The molecule has 2 amide bonds. The standard InChI is InChI=1S/C13H13ClN6O5S2/c1-25-18-5(8-17-13(15)27-19-8)9(21)16-6-10(22)20-7(12(23)24)4(2-14)3-26-11(6)20/h6,11H,2-3H2,1H3,(H,16,21)(H,23,24)(H2,15,17,19)/b18-5-/t6-,11-/m1/s1. The maximum Gasteiger partial charge on any atom is 0.352 e. The minimum Gasteiger partial charge on any atom is -0.477 e. The normalized spacial score (nSPS) is 22.2. The number of rotatable bonds is 6. The number of anilines is 1. The first-order valence-corrected chi connectivity index (χ1v) is 9.72. The van der Waals surface area contributed by atoms with Gasteiger partial charge in [0.05, 0.1) is 0 Å². The maximum atomic E-state index is 12.5. The van der Waals surface area contributed by atoms with Crippen molar-refractivity contribution in [1.82, 2.24) is 19.6 Å². The number of hydrogen-bond acceptors (Lipinski definition) is 10. The number of alkyl halides is 1. The van der Waals surface area contributed by atoms with Gasteiger partial charge in [0.25, 0.3) is 11.8 Å². The molecule has 1 aromatic rings. The number of nitrogens with zero attached hydrogens (tertiary/aromatic N) is 4. The summed E-state index contributed by atoms with van der Waals surface area (Å²) >= 11 is 7.96. The number of carboxylic acid groups (broad SMARTS) is 1. The van der Waals surface area contributed by atoms with Gasteiger partial charge in [-0.2, -0.15) is 9.36 Å². The molecule has 0 radical (unpaired) electrons. The highest BCUT2D eigenvalue weighted by molar-refractivity contribution is 8.00. The summed E-state index contributed by atoms with van der Waals surface area (Å²) in [5.41, 5.74) is 5.59. The van der Waals surface area contributed by atoms with Crippen LogP contribution < -0.4 is 11.1 Å². The molecule has 2 aliphatic heterocycles. The number of aliphatic carboxylic acids is 1. The van der Waals surface area contributed by atoms with Gasteiger partial charge in [0.15, 0.2) is 5.13 Å². The predicted molar refractivity (Wildman–Crippen MR) is 98.3 cm³/mol. The summed E-state index contributed by atoms with van der Waals surface area (Å²) in [4.78, 5) is 46.1.